The number of carbonyl (C=O) groups is 1. The van der Waals surface area contributed by atoms with E-state index in [0.29, 0.717) is 48.3 Å². The minimum absolute atomic E-state index is 0.0268. The Balaban J connectivity index is 2.19. The molecule has 0 heterocycles. The molecule has 0 unspecified atom stereocenters. The topological polar surface area (TPSA) is 80.6 Å². The summed E-state index contributed by atoms with van der Waals surface area (Å²) in [5.74, 6) is 1.32. The summed E-state index contributed by atoms with van der Waals surface area (Å²) in [6.45, 7) is 8.76. The van der Waals surface area contributed by atoms with Crippen LogP contribution >= 0.6 is 0 Å². The molecular weight excluding hydrogens is 368 g/mol. The first-order valence-corrected chi connectivity index (χ1v) is 9.27. The van der Waals surface area contributed by atoms with Crippen LogP contribution in [0.25, 0.3) is 6.08 Å². The summed E-state index contributed by atoms with van der Waals surface area (Å²) in [7, 11) is 0. The summed E-state index contributed by atoms with van der Waals surface area (Å²) in [4.78, 5) is 12.5. The fourth-order valence-electron chi connectivity index (χ4n) is 2.47. The molecule has 0 fully saturated rings. The number of nitrogens with zero attached hydrogens (tertiary/aromatic N) is 1. The number of nitriles is 1. The summed E-state index contributed by atoms with van der Waals surface area (Å²) in [5, 5.41) is 12.1. The van der Waals surface area contributed by atoms with Crippen LogP contribution in [0, 0.1) is 11.3 Å². The molecule has 6 heteroatoms. The molecule has 150 valence electrons. The molecule has 0 saturated carbocycles. The molecule has 0 saturated heterocycles. The van der Waals surface area contributed by atoms with E-state index in [2.05, 4.69) is 11.9 Å². The number of carbonyl (C=O) groups excluding carboxylic acids is 1. The second-order valence-electron chi connectivity index (χ2n) is 5.82. The van der Waals surface area contributed by atoms with Gasteiger partial charge in [-0.1, -0.05) is 18.7 Å². The fraction of sp³-hybridized carbons (Fsp3) is 0.217. The fourth-order valence-corrected chi connectivity index (χ4v) is 2.47. The van der Waals surface area contributed by atoms with Crippen molar-refractivity contribution in [3.8, 4) is 23.3 Å². The predicted octanol–water partition coefficient (Wildman–Crippen LogP) is 4.59. The summed E-state index contributed by atoms with van der Waals surface area (Å²) in [5.41, 5.74) is 1.20. The standard InChI is InChI=1S/C23H24N2O4/c1-4-13-29-21-12-7-17(15-22(21)28-6-3)14-18(16-24)23(26)25-19-8-10-20(11-9-19)27-5-2/h4,7-12,14-15H,1,5-6,13H2,2-3H3,(H,25,26)/b18-14-. The lowest BCUT2D eigenvalue weighted by Gasteiger charge is -2.11. The molecule has 0 spiro atoms. The first-order chi connectivity index (χ1) is 14.1. The van der Waals surface area contributed by atoms with Gasteiger partial charge >= 0.3 is 0 Å². The third-order valence-corrected chi connectivity index (χ3v) is 3.72. The summed E-state index contributed by atoms with van der Waals surface area (Å²) in [6.07, 6.45) is 3.15. The Morgan fingerprint density at radius 2 is 1.79 bits per heavy atom. The third kappa shape index (κ3) is 6.43. The minimum atomic E-state index is -0.499. The Bertz CT molecular complexity index is 911. The van der Waals surface area contributed by atoms with Crippen LogP contribution in [0.15, 0.2) is 60.7 Å². The quantitative estimate of drug-likeness (QED) is 0.363. The van der Waals surface area contributed by atoms with E-state index in [9.17, 15) is 10.1 Å². The van der Waals surface area contributed by atoms with Crippen LogP contribution in [-0.2, 0) is 4.79 Å². The molecule has 0 atom stereocenters. The average molecular weight is 392 g/mol. The van der Waals surface area contributed by atoms with Crippen LogP contribution in [0.4, 0.5) is 5.69 Å². The van der Waals surface area contributed by atoms with E-state index in [1.165, 1.54) is 6.08 Å². The first-order valence-electron chi connectivity index (χ1n) is 9.27. The Kier molecular flexibility index (Phi) is 8.33. The van der Waals surface area contributed by atoms with Gasteiger partial charge in [0.25, 0.3) is 5.91 Å². The molecule has 0 bridgehead atoms. The maximum Gasteiger partial charge on any atom is 0.266 e. The summed E-state index contributed by atoms with van der Waals surface area (Å²) < 4.78 is 16.5. The van der Waals surface area contributed by atoms with Gasteiger partial charge < -0.3 is 19.5 Å². The van der Waals surface area contributed by atoms with Crippen molar-refractivity contribution >= 4 is 17.7 Å². The normalized spacial score (nSPS) is 10.6. The van der Waals surface area contributed by atoms with Gasteiger partial charge in [0.15, 0.2) is 11.5 Å². The number of hydrogen-bond donors (Lipinski definition) is 1. The average Bonchev–Trinajstić information content (AvgIpc) is 2.73. The molecule has 2 aromatic rings. The molecule has 1 amide bonds. The molecule has 2 aromatic carbocycles. The van der Waals surface area contributed by atoms with E-state index in [1.54, 1.807) is 48.5 Å². The zero-order valence-electron chi connectivity index (χ0n) is 16.6. The molecule has 0 aliphatic rings. The highest BCUT2D eigenvalue weighted by atomic mass is 16.5. The summed E-state index contributed by atoms with van der Waals surface area (Å²) in [6, 6.07) is 14.1. The Labute approximate surface area is 171 Å². The van der Waals surface area contributed by atoms with Crippen molar-refractivity contribution in [1.82, 2.24) is 0 Å². The van der Waals surface area contributed by atoms with Crippen LogP contribution in [0.3, 0.4) is 0 Å². The number of ether oxygens (including phenoxy) is 3. The van der Waals surface area contributed by atoms with Crippen molar-refractivity contribution in [3.05, 3.63) is 66.3 Å². The number of benzene rings is 2. The van der Waals surface area contributed by atoms with Crippen molar-refractivity contribution in [3.63, 3.8) is 0 Å². The molecule has 6 nitrogen and oxygen atoms in total. The van der Waals surface area contributed by atoms with Crippen LogP contribution in [-0.4, -0.2) is 25.7 Å². The monoisotopic (exact) mass is 392 g/mol. The number of hydrogen-bond acceptors (Lipinski definition) is 5. The largest absolute Gasteiger partial charge is 0.494 e. The van der Waals surface area contributed by atoms with E-state index < -0.39 is 5.91 Å². The van der Waals surface area contributed by atoms with Crippen LogP contribution in [0.1, 0.15) is 19.4 Å². The van der Waals surface area contributed by atoms with Gasteiger partial charge in [0.2, 0.25) is 0 Å². The van der Waals surface area contributed by atoms with Crippen molar-refractivity contribution in [2.24, 2.45) is 0 Å². The van der Waals surface area contributed by atoms with E-state index in [-0.39, 0.29) is 5.57 Å². The van der Waals surface area contributed by atoms with Crippen molar-refractivity contribution in [2.75, 3.05) is 25.1 Å². The van der Waals surface area contributed by atoms with Crippen molar-refractivity contribution < 1.29 is 19.0 Å². The van der Waals surface area contributed by atoms with Crippen LogP contribution < -0.4 is 19.5 Å². The van der Waals surface area contributed by atoms with Gasteiger partial charge in [-0.25, -0.2) is 0 Å². The second-order valence-corrected chi connectivity index (χ2v) is 5.82. The second kappa shape index (κ2) is 11.2. The van der Waals surface area contributed by atoms with Gasteiger partial charge in [-0.2, -0.15) is 5.26 Å². The zero-order chi connectivity index (χ0) is 21.1. The van der Waals surface area contributed by atoms with Gasteiger partial charge in [0, 0.05) is 5.69 Å². The van der Waals surface area contributed by atoms with Crippen LogP contribution in [0.5, 0.6) is 17.2 Å². The Morgan fingerprint density at radius 3 is 2.41 bits per heavy atom. The van der Waals surface area contributed by atoms with E-state index >= 15 is 0 Å². The molecule has 0 aliphatic heterocycles. The highest BCUT2D eigenvalue weighted by Gasteiger charge is 2.11. The molecular formula is C23H24N2O4. The lowest BCUT2D eigenvalue weighted by Crippen LogP contribution is -2.13. The molecule has 0 aromatic heterocycles. The van der Waals surface area contributed by atoms with E-state index in [4.69, 9.17) is 14.2 Å². The molecule has 0 radical (unpaired) electrons. The zero-order valence-corrected chi connectivity index (χ0v) is 16.6. The van der Waals surface area contributed by atoms with Crippen molar-refractivity contribution in [2.45, 2.75) is 13.8 Å². The van der Waals surface area contributed by atoms with E-state index in [0.717, 1.165) is 0 Å². The lowest BCUT2D eigenvalue weighted by molar-refractivity contribution is -0.112. The molecule has 29 heavy (non-hydrogen) atoms. The molecule has 0 aliphatic carbocycles. The Morgan fingerprint density at radius 1 is 1.07 bits per heavy atom. The maximum absolute atomic E-state index is 12.5. The highest BCUT2D eigenvalue weighted by molar-refractivity contribution is 6.09. The predicted molar refractivity (Wildman–Crippen MR) is 113 cm³/mol. The smallest absolute Gasteiger partial charge is 0.266 e. The minimum Gasteiger partial charge on any atom is -0.494 e. The third-order valence-electron chi connectivity index (χ3n) is 3.72. The number of anilines is 1. The van der Waals surface area contributed by atoms with Gasteiger partial charge in [-0.05, 0) is 61.9 Å². The van der Waals surface area contributed by atoms with Gasteiger partial charge in [-0.3, -0.25) is 4.79 Å². The number of nitrogens with one attached hydrogen (secondary N) is 1. The Hall–Kier alpha value is -3.72. The highest BCUT2D eigenvalue weighted by Crippen LogP contribution is 2.29. The number of amides is 1. The van der Waals surface area contributed by atoms with E-state index in [1.807, 2.05) is 19.9 Å². The van der Waals surface area contributed by atoms with Gasteiger partial charge in [0.1, 0.15) is 24.0 Å². The first kappa shape index (κ1) is 21.6. The van der Waals surface area contributed by atoms with Gasteiger partial charge in [-0.15, -0.1) is 0 Å². The number of rotatable bonds is 10. The van der Waals surface area contributed by atoms with Crippen molar-refractivity contribution in [1.29, 1.82) is 5.26 Å². The molecule has 1 N–H and O–H groups in total. The maximum atomic E-state index is 12.5. The SMILES string of the molecule is C=CCOc1ccc(/C=C(/C#N)C(=O)Nc2ccc(OCC)cc2)cc1OCC. The lowest BCUT2D eigenvalue weighted by atomic mass is 10.1. The van der Waals surface area contributed by atoms with Gasteiger partial charge in [0.05, 0.1) is 13.2 Å². The van der Waals surface area contributed by atoms with Crippen LogP contribution in [0.2, 0.25) is 0 Å². The molecule has 2 rings (SSSR count). The summed E-state index contributed by atoms with van der Waals surface area (Å²) >= 11 is 0.